The first-order valence-electron chi connectivity index (χ1n) is 2.36. The fourth-order valence-electron chi connectivity index (χ4n) is 0.577. The monoisotopic (exact) mass is 142 g/mol. The molecule has 9 heavy (non-hydrogen) atoms. The van der Waals surface area contributed by atoms with E-state index in [1.807, 2.05) is 25.4 Å². The molecule has 0 fully saturated rings. The summed E-state index contributed by atoms with van der Waals surface area (Å²) in [4.78, 5) is 0. The van der Waals surface area contributed by atoms with Crippen LogP contribution in [0.4, 0.5) is 0 Å². The van der Waals surface area contributed by atoms with Crippen LogP contribution >= 0.6 is 12.4 Å². The molecule has 1 heterocycles. The van der Waals surface area contributed by atoms with Gasteiger partial charge >= 0.3 is 0 Å². The number of hydrogen-bond acceptors (Lipinski definition) is 1. The summed E-state index contributed by atoms with van der Waals surface area (Å²) in [6.45, 7) is 0. The lowest BCUT2D eigenvalue weighted by atomic mass is 10.5. The zero-order valence-electron chi connectivity index (χ0n) is 5.03. The van der Waals surface area contributed by atoms with Crippen molar-refractivity contribution in [3.8, 4) is 6.07 Å². The predicted molar refractivity (Wildman–Crippen MR) is 37.4 cm³/mol. The molecule has 1 aromatic rings. The van der Waals surface area contributed by atoms with Gasteiger partial charge in [-0.3, -0.25) is 0 Å². The molecule has 0 radical (unpaired) electrons. The van der Waals surface area contributed by atoms with Crippen LogP contribution in [0.25, 0.3) is 0 Å². The standard InChI is InChI=1S/C6H6N2.ClH/c1-8-4-2-3-6(8)5-7;/h2-4H,1H3;1H. The third kappa shape index (κ3) is 1.48. The zero-order chi connectivity index (χ0) is 5.98. The summed E-state index contributed by atoms with van der Waals surface area (Å²) in [5, 5.41) is 8.34. The molecule has 0 bridgehead atoms. The maximum absolute atomic E-state index is 8.34. The van der Waals surface area contributed by atoms with E-state index < -0.39 is 0 Å². The number of nitrogens with zero attached hydrogens (tertiary/aromatic N) is 2. The Hall–Kier alpha value is -0.940. The van der Waals surface area contributed by atoms with Crippen molar-refractivity contribution >= 4 is 12.4 Å². The van der Waals surface area contributed by atoms with Gasteiger partial charge in [0.1, 0.15) is 11.8 Å². The molecule has 48 valence electrons. The van der Waals surface area contributed by atoms with E-state index in [4.69, 9.17) is 5.26 Å². The Morgan fingerprint density at radius 3 is 2.56 bits per heavy atom. The minimum absolute atomic E-state index is 0. The summed E-state index contributed by atoms with van der Waals surface area (Å²) in [5.41, 5.74) is 0.699. The van der Waals surface area contributed by atoms with E-state index in [-0.39, 0.29) is 12.4 Å². The Morgan fingerprint density at radius 2 is 2.33 bits per heavy atom. The van der Waals surface area contributed by atoms with Gasteiger partial charge in [-0.2, -0.15) is 5.26 Å². The number of halogens is 1. The van der Waals surface area contributed by atoms with Crippen LogP contribution in [0.1, 0.15) is 5.69 Å². The van der Waals surface area contributed by atoms with Crippen LogP contribution in [0.15, 0.2) is 18.3 Å². The number of rotatable bonds is 0. The topological polar surface area (TPSA) is 28.7 Å². The minimum atomic E-state index is 0. The van der Waals surface area contributed by atoms with Crippen LogP contribution in [0, 0.1) is 11.3 Å². The molecule has 0 aromatic carbocycles. The molecule has 0 unspecified atom stereocenters. The fourth-order valence-corrected chi connectivity index (χ4v) is 0.577. The molecule has 0 aliphatic carbocycles. The SMILES string of the molecule is Cl.Cn1cccc1C#N. The van der Waals surface area contributed by atoms with Crippen LogP contribution in [-0.4, -0.2) is 4.57 Å². The van der Waals surface area contributed by atoms with Crippen molar-refractivity contribution in [3.63, 3.8) is 0 Å². The van der Waals surface area contributed by atoms with Crippen LogP contribution in [0.5, 0.6) is 0 Å². The van der Waals surface area contributed by atoms with Gasteiger partial charge in [-0.15, -0.1) is 12.4 Å². The molecule has 0 atom stereocenters. The first kappa shape index (κ1) is 8.06. The van der Waals surface area contributed by atoms with Gasteiger partial charge < -0.3 is 4.57 Å². The van der Waals surface area contributed by atoms with E-state index in [1.54, 1.807) is 10.6 Å². The summed E-state index contributed by atoms with van der Waals surface area (Å²) in [5.74, 6) is 0. The Balaban J connectivity index is 0.000000640. The summed E-state index contributed by atoms with van der Waals surface area (Å²) < 4.78 is 1.78. The number of aryl methyl sites for hydroxylation is 1. The summed E-state index contributed by atoms with van der Waals surface area (Å²) in [6.07, 6.45) is 1.85. The average molecular weight is 143 g/mol. The molecular weight excluding hydrogens is 136 g/mol. The summed E-state index contributed by atoms with van der Waals surface area (Å²) in [6, 6.07) is 5.66. The van der Waals surface area contributed by atoms with Crippen molar-refractivity contribution in [1.82, 2.24) is 4.57 Å². The number of nitriles is 1. The molecule has 0 aliphatic rings. The first-order valence-corrected chi connectivity index (χ1v) is 2.36. The van der Waals surface area contributed by atoms with Crippen molar-refractivity contribution < 1.29 is 0 Å². The summed E-state index contributed by atoms with van der Waals surface area (Å²) in [7, 11) is 1.85. The van der Waals surface area contributed by atoms with E-state index >= 15 is 0 Å². The van der Waals surface area contributed by atoms with Gasteiger partial charge in [0.2, 0.25) is 0 Å². The highest BCUT2D eigenvalue weighted by Crippen LogP contribution is 1.94. The zero-order valence-corrected chi connectivity index (χ0v) is 5.85. The number of hydrogen-bond donors (Lipinski definition) is 0. The van der Waals surface area contributed by atoms with Gasteiger partial charge in [-0.1, -0.05) is 0 Å². The molecule has 3 heteroatoms. The quantitative estimate of drug-likeness (QED) is 0.537. The lowest BCUT2D eigenvalue weighted by Gasteiger charge is -1.86. The van der Waals surface area contributed by atoms with Gasteiger partial charge in [-0.25, -0.2) is 0 Å². The fraction of sp³-hybridized carbons (Fsp3) is 0.167. The molecule has 2 nitrogen and oxygen atoms in total. The Labute approximate surface area is 60.1 Å². The van der Waals surface area contributed by atoms with Gasteiger partial charge in [0.05, 0.1) is 0 Å². The molecule has 0 saturated carbocycles. The molecule has 0 spiro atoms. The highest BCUT2D eigenvalue weighted by atomic mass is 35.5. The largest absolute Gasteiger partial charge is 0.343 e. The van der Waals surface area contributed by atoms with Crippen LogP contribution in [0.2, 0.25) is 0 Å². The van der Waals surface area contributed by atoms with E-state index in [0.717, 1.165) is 0 Å². The van der Waals surface area contributed by atoms with E-state index in [9.17, 15) is 0 Å². The van der Waals surface area contributed by atoms with Crippen molar-refractivity contribution in [3.05, 3.63) is 24.0 Å². The highest BCUT2D eigenvalue weighted by molar-refractivity contribution is 5.85. The second-order valence-corrected chi connectivity index (χ2v) is 1.62. The molecule has 1 rings (SSSR count). The second kappa shape index (κ2) is 3.16. The molecule has 0 aliphatic heterocycles. The first-order chi connectivity index (χ1) is 3.84. The predicted octanol–water partition coefficient (Wildman–Crippen LogP) is 1.32. The third-order valence-electron chi connectivity index (χ3n) is 1.06. The van der Waals surface area contributed by atoms with E-state index in [0.29, 0.717) is 5.69 Å². The van der Waals surface area contributed by atoms with E-state index in [1.165, 1.54) is 0 Å². The highest BCUT2D eigenvalue weighted by Gasteiger charge is 1.88. The minimum Gasteiger partial charge on any atom is -0.343 e. The van der Waals surface area contributed by atoms with E-state index in [2.05, 4.69) is 0 Å². The van der Waals surface area contributed by atoms with Gasteiger partial charge in [0, 0.05) is 13.2 Å². The molecule has 0 N–H and O–H groups in total. The smallest absolute Gasteiger partial charge is 0.119 e. The van der Waals surface area contributed by atoms with Crippen molar-refractivity contribution in [2.75, 3.05) is 0 Å². The van der Waals surface area contributed by atoms with Gasteiger partial charge in [0.15, 0.2) is 0 Å². The lowest BCUT2D eigenvalue weighted by Crippen LogP contribution is -1.86. The molecule has 1 aromatic heterocycles. The molecular formula is C6H7ClN2. The third-order valence-corrected chi connectivity index (χ3v) is 1.06. The average Bonchev–Trinajstić information content (AvgIpc) is 2.14. The maximum atomic E-state index is 8.34. The molecule has 0 amide bonds. The van der Waals surface area contributed by atoms with Crippen LogP contribution < -0.4 is 0 Å². The molecule has 0 saturated heterocycles. The van der Waals surface area contributed by atoms with Crippen LogP contribution in [0.3, 0.4) is 0 Å². The van der Waals surface area contributed by atoms with Crippen molar-refractivity contribution in [2.24, 2.45) is 7.05 Å². The Kier molecular flexibility index (Phi) is 2.83. The number of aromatic nitrogens is 1. The van der Waals surface area contributed by atoms with Gasteiger partial charge in [0.25, 0.3) is 0 Å². The van der Waals surface area contributed by atoms with Gasteiger partial charge in [-0.05, 0) is 12.1 Å². The lowest BCUT2D eigenvalue weighted by molar-refractivity contribution is 0.908. The maximum Gasteiger partial charge on any atom is 0.119 e. The Bertz CT molecular complexity index is 221. The van der Waals surface area contributed by atoms with Crippen molar-refractivity contribution in [2.45, 2.75) is 0 Å². The second-order valence-electron chi connectivity index (χ2n) is 1.62. The Morgan fingerprint density at radius 1 is 1.67 bits per heavy atom. The normalized spacial score (nSPS) is 7.56. The van der Waals surface area contributed by atoms with Crippen molar-refractivity contribution in [1.29, 1.82) is 5.26 Å². The summed E-state index contributed by atoms with van der Waals surface area (Å²) >= 11 is 0. The van der Waals surface area contributed by atoms with Crippen LogP contribution in [-0.2, 0) is 7.05 Å².